The van der Waals surface area contributed by atoms with E-state index in [9.17, 15) is 4.79 Å². The van der Waals surface area contributed by atoms with Crippen molar-refractivity contribution >= 4 is 22.4 Å². The summed E-state index contributed by atoms with van der Waals surface area (Å²) in [5, 5.41) is 17.1. The van der Waals surface area contributed by atoms with Crippen LogP contribution in [0.25, 0.3) is 10.8 Å². The zero-order valence-corrected chi connectivity index (χ0v) is 12.5. The van der Waals surface area contributed by atoms with Crippen molar-refractivity contribution in [3.63, 3.8) is 0 Å². The molecule has 2 aromatic carbocycles. The van der Waals surface area contributed by atoms with E-state index in [1.54, 1.807) is 6.07 Å². The van der Waals surface area contributed by atoms with Gasteiger partial charge in [0.15, 0.2) is 0 Å². The standard InChI is InChI=1S/C17H19N3O/c1-11(2)19-17(21)12(3)20-16-9-8-13(10-18)14-6-4-5-7-15(14)16/h4-9,11-12,20H,1-3H3,(H,19,21). The lowest BCUT2D eigenvalue weighted by molar-refractivity contribution is -0.122. The van der Waals surface area contributed by atoms with Crippen molar-refractivity contribution in [3.8, 4) is 6.07 Å². The molecular formula is C17H19N3O. The van der Waals surface area contributed by atoms with Gasteiger partial charge in [0.1, 0.15) is 6.04 Å². The quantitative estimate of drug-likeness (QED) is 0.905. The summed E-state index contributed by atoms with van der Waals surface area (Å²) in [4.78, 5) is 12.0. The lowest BCUT2D eigenvalue weighted by Crippen LogP contribution is -2.41. The number of fused-ring (bicyclic) bond motifs is 1. The number of hydrogen-bond donors (Lipinski definition) is 2. The number of benzene rings is 2. The molecule has 2 rings (SSSR count). The van der Waals surface area contributed by atoms with E-state index in [2.05, 4.69) is 16.7 Å². The Morgan fingerprint density at radius 1 is 1.10 bits per heavy atom. The van der Waals surface area contributed by atoms with Gasteiger partial charge in [-0.25, -0.2) is 0 Å². The number of carbonyl (C=O) groups is 1. The van der Waals surface area contributed by atoms with Crippen LogP contribution in [0.4, 0.5) is 5.69 Å². The van der Waals surface area contributed by atoms with E-state index in [0.29, 0.717) is 5.56 Å². The molecule has 0 aliphatic rings. The van der Waals surface area contributed by atoms with Crippen LogP contribution in [0.2, 0.25) is 0 Å². The monoisotopic (exact) mass is 281 g/mol. The third kappa shape index (κ3) is 3.32. The van der Waals surface area contributed by atoms with Crippen molar-refractivity contribution in [2.45, 2.75) is 32.9 Å². The molecule has 0 spiro atoms. The zero-order valence-electron chi connectivity index (χ0n) is 12.5. The highest BCUT2D eigenvalue weighted by atomic mass is 16.2. The van der Waals surface area contributed by atoms with Crippen LogP contribution in [0.1, 0.15) is 26.3 Å². The molecule has 0 radical (unpaired) electrons. The second kappa shape index (κ2) is 6.27. The Hall–Kier alpha value is -2.54. The largest absolute Gasteiger partial charge is 0.373 e. The number of nitrogens with one attached hydrogen (secondary N) is 2. The molecule has 0 saturated carbocycles. The average molecular weight is 281 g/mol. The van der Waals surface area contributed by atoms with Gasteiger partial charge in [0.25, 0.3) is 0 Å². The Morgan fingerprint density at radius 2 is 1.76 bits per heavy atom. The van der Waals surface area contributed by atoms with Crippen molar-refractivity contribution in [2.24, 2.45) is 0 Å². The van der Waals surface area contributed by atoms with E-state index in [0.717, 1.165) is 16.5 Å². The molecule has 0 aromatic heterocycles. The van der Waals surface area contributed by atoms with Crippen LogP contribution in [0.15, 0.2) is 36.4 Å². The molecule has 4 nitrogen and oxygen atoms in total. The predicted molar refractivity (Wildman–Crippen MR) is 85.0 cm³/mol. The summed E-state index contributed by atoms with van der Waals surface area (Å²) in [6.07, 6.45) is 0. The minimum Gasteiger partial charge on any atom is -0.373 e. The molecule has 0 heterocycles. The lowest BCUT2D eigenvalue weighted by atomic mass is 10.0. The highest BCUT2D eigenvalue weighted by molar-refractivity contribution is 5.98. The maximum absolute atomic E-state index is 12.0. The van der Waals surface area contributed by atoms with Gasteiger partial charge >= 0.3 is 0 Å². The summed E-state index contributed by atoms with van der Waals surface area (Å²) < 4.78 is 0. The minimum atomic E-state index is -0.344. The van der Waals surface area contributed by atoms with Gasteiger partial charge in [-0.15, -0.1) is 0 Å². The van der Waals surface area contributed by atoms with Gasteiger partial charge in [-0.2, -0.15) is 5.26 Å². The van der Waals surface area contributed by atoms with Crippen LogP contribution in [0.5, 0.6) is 0 Å². The molecule has 0 saturated heterocycles. The van der Waals surface area contributed by atoms with Gasteiger partial charge in [-0.05, 0) is 32.9 Å². The Morgan fingerprint density at radius 3 is 2.38 bits per heavy atom. The zero-order chi connectivity index (χ0) is 15.4. The number of rotatable bonds is 4. The maximum atomic E-state index is 12.0. The fourth-order valence-corrected chi connectivity index (χ4v) is 2.23. The number of carbonyl (C=O) groups excluding carboxylic acids is 1. The fourth-order valence-electron chi connectivity index (χ4n) is 2.23. The van der Waals surface area contributed by atoms with Crippen LogP contribution in [-0.2, 0) is 4.79 Å². The first-order chi connectivity index (χ1) is 10.0. The summed E-state index contributed by atoms with van der Waals surface area (Å²) in [6, 6.07) is 13.3. The SMILES string of the molecule is CC(C)NC(=O)C(C)Nc1ccc(C#N)c2ccccc12. The van der Waals surface area contributed by atoms with Crippen LogP contribution in [0, 0.1) is 11.3 Å². The van der Waals surface area contributed by atoms with Crippen molar-refractivity contribution in [2.75, 3.05) is 5.32 Å². The molecule has 0 bridgehead atoms. The van der Waals surface area contributed by atoms with E-state index in [1.807, 2.05) is 51.1 Å². The van der Waals surface area contributed by atoms with Crippen LogP contribution < -0.4 is 10.6 Å². The van der Waals surface area contributed by atoms with Crippen LogP contribution in [0.3, 0.4) is 0 Å². The van der Waals surface area contributed by atoms with Gasteiger partial charge in [-0.3, -0.25) is 4.79 Å². The van der Waals surface area contributed by atoms with E-state index < -0.39 is 0 Å². The summed E-state index contributed by atoms with van der Waals surface area (Å²) in [6.45, 7) is 5.69. The average Bonchev–Trinajstić information content (AvgIpc) is 2.46. The Bertz CT molecular complexity index is 701. The molecule has 0 aliphatic carbocycles. The Labute approximate surface area is 124 Å². The highest BCUT2D eigenvalue weighted by Gasteiger charge is 2.15. The summed E-state index contributed by atoms with van der Waals surface area (Å²) in [5.74, 6) is -0.0431. The smallest absolute Gasteiger partial charge is 0.242 e. The first-order valence-electron chi connectivity index (χ1n) is 7.01. The molecule has 4 heteroatoms. The second-order valence-electron chi connectivity index (χ2n) is 5.35. The number of amides is 1. The first kappa shape index (κ1) is 14.9. The third-order valence-electron chi connectivity index (χ3n) is 3.24. The van der Waals surface area contributed by atoms with Crippen molar-refractivity contribution in [1.29, 1.82) is 5.26 Å². The van der Waals surface area contributed by atoms with Crippen LogP contribution >= 0.6 is 0 Å². The van der Waals surface area contributed by atoms with Crippen LogP contribution in [-0.4, -0.2) is 18.0 Å². The van der Waals surface area contributed by atoms with Gasteiger partial charge in [0, 0.05) is 22.5 Å². The molecular weight excluding hydrogens is 262 g/mol. The van der Waals surface area contributed by atoms with Gasteiger partial charge in [0.2, 0.25) is 5.91 Å². The lowest BCUT2D eigenvalue weighted by Gasteiger charge is -2.18. The molecule has 1 unspecified atom stereocenters. The molecule has 1 amide bonds. The first-order valence-corrected chi connectivity index (χ1v) is 7.01. The topological polar surface area (TPSA) is 64.9 Å². The number of anilines is 1. The number of nitrogens with zero attached hydrogens (tertiary/aromatic N) is 1. The summed E-state index contributed by atoms with van der Waals surface area (Å²) in [7, 11) is 0. The molecule has 0 aliphatic heterocycles. The second-order valence-corrected chi connectivity index (χ2v) is 5.35. The summed E-state index contributed by atoms with van der Waals surface area (Å²) in [5.41, 5.74) is 1.49. The van der Waals surface area contributed by atoms with E-state index >= 15 is 0 Å². The molecule has 21 heavy (non-hydrogen) atoms. The molecule has 108 valence electrons. The molecule has 1 atom stereocenters. The van der Waals surface area contributed by atoms with E-state index in [4.69, 9.17) is 5.26 Å². The minimum absolute atomic E-state index is 0.0431. The number of hydrogen-bond acceptors (Lipinski definition) is 3. The normalized spacial score (nSPS) is 12.0. The van der Waals surface area contributed by atoms with E-state index in [1.165, 1.54) is 0 Å². The van der Waals surface area contributed by atoms with E-state index in [-0.39, 0.29) is 18.0 Å². The molecule has 2 N–H and O–H groups in total. The summed E-state index contributed by atoms with van der Waals surface area (Å²) >= 11 is 0. The van der Waals surface area contributed by atoms with Gasteiger partial charge < -0.3 is 10.6 Å². The highest BCUT2D eigenvalue weighted by Crippen LogP contribution is 2.26. The molecule has 0 fully saturated rings. The fraction of sp³-hybridized carbons (Fsp3) is 0.294. The van der Waals surface area contributed by atoms with Gasteiger partial charge in [0.05, 0.1) is 11.6 Å². The Balaban J connectivity index is 2.32. The van der Waals surface area contributed by atoms with Crippen molar-refractivity contribution in [1.82, 2.24) is 5.32 Å². The predicted octanol–water partition coefficient (Wildman–Crippen LogP) is 3.04. The number of nitriles is 1. The van der Waals surface area contributed by atoms with Gasteiger partial charge in [-0.1, -0.05) is 24.3 Å². The Kier molecular flexibility index (Phi) is 4.44. The molecule has 2 aromatic rings. The van der Waals surface area contributed by atoms with Crippen molar-refractivity contribution in [3.05, 3.63) is 42.0 Å². The van der Waals surface area contributed by atoms with Crippen molar-refractivity contribution < 1.29 is 4.79 Å². The third-order valence-corrected chi connectivity index (χ3v) is 3.24. The maximum Gasteiger partial charge on any atom is 0.242 e.